The summed E-state index contributed by atoms with van der Waals surface area (Å²) in [4.78, 5) is 29.4. The predicted octanol–water partition coefficient (Wildman–Crippen LogP) is 0.953. The van der Waals surface area contributed by atoms with Crippen molar-refractivity contribution in [2.24, 2.45) is 4.99 Å². The number of carbonyl (C=O) groups is 2. The summed E-state index contributed by atoms with van der Waals surface area (Å²) < 4.78 is 0. The average Bonchev–Trinajstić information content (AvgIpc) is 2.49. The maximum absolute atomic E-state index is 12.1. The number of hydrogen-bond donors (Lipinski definition) is 4. The van der Waals surface area contributed by atoms with E-state index in [1.54, 1.807) is 24.9 Å². The van der Waals surface area contributed by atoms with Gasteiger partial charge >= 0.3 is 5.97 Å². The predicted molar refractivity (Wildman–Crippen MR) is 90.7 cm³/mol. The fourth-order valence-corrected chi connectivity index (χ4v) is 2.72. The van der Waals surface area contributed by atoms with Crippen molar-refractivity contribution < 1.29 is 19.8 Å². The van der Waals surface area contributed by atoms with Crippen molar-refractivity contribution in [3.05, 3.63) is 23.3 Å². The molecule has 1 fully saturated rings. The van der Waals surface area contributed by atoms with Crippen molar-refractivity contribution in [2.45, 2.75) is 39.7 Å². The van der Waals surface area contributed by atoms with E-state index in [9.17, 15) is 19.8 Å². The molecule has 4 N–H and O–H groups in total. The molecule has 0 aliphatic carbocycles. The van der Waals surface area contributed by atoms with Crippen molar-refractivity contribution in [2.75, 3.05) is 11.9 Å². The van der Waals surface area contributed by atoms with E-state index in [0.717, 1.165) is 0 Å². The summed E-state index contributed by atoms with van der Waals surface area (Å²) in [6.07, 6.45) is -0.638. The van der Waals surface area contributed by atoms with Crippen molar-refractivity contribution in [1.29, 1.82) is 0 Å². The van der Waals surface area contributed by atoms with Gasteiger partial charge < -0.3 is 20.4 Å². The third kappa shape index (κ3) is 2.98. The molecule has 0 radical (unpaired) electrons. The minimum Gasteiger partial charge on any atom is -0.478 e. The number of nitrogens with one attached hydrogen (secondary N) is 2. The SMILES string of the molecule is CC.Cc1cc2c(cc1C(=O)O)N(C)C1NC(C)(O)NC(=O)C1=N2. The van der Waals surface area contributed by atoms with Crippen LogP contribution in [0.1, 0.15) is 36.7 Å². The van der Waals surface area contributed by atoms with Crippen LogP contribution in [0.4, 0.5) is 11.4 Å². The van der Waals surface area contributed by atoms with E-state index in [2.05, 4.69) is 15.6 Å². The first-order valence-corrected chi connectivity index (χ1v) is 7.71. The molecule has 0 aromatic heterocycles. The number of anilines is 1. The van der Waals surface area contributed by atoms with Gasteiger partial charge in [0, 0.05) is 7.05 Å². The van der Waals surface area contributed by atoms with Crippen molar-refractivity contribution in [3.63, 3.8) is 0 Å². The standard InChI is InChI=1S/C14H16N4O4.C2H6/c1-6-4-8-9(5-7(6)13(20)21)18(3)11-10(15-8)12(19)17-14(2,22)16-11;1-2/h4-5,11,16,22H,1-3H3,(H,17,19)(H,20,21);1-2H3. The van der Waals surface area contributed by atoms with Crippen LogP contribution in [0.2, 0.25) is 0 Å². The van der Waals surface area contributed by atoms with Crippen LogP contribution in [0.3, 0.4) is 0 Å². The van der Waals surface area contributed by atoms with Crippen LogP contribution < -0.4 is 15.5 Å². The topological polar surface area (TPSA) is 114 Å². The van der Waals surface area contributed by atoms with Crippen LogP contribution in [0.25, 0.3) is 0 Å². The number of aryl methyl sites for hydroxylation is 1. The lowest BCUT2D eigenvalue weighted by molar-refractivity contribution is -0.126. The summed E-state index contributed by atoms with van der Waals surface area (Å²) in [5.74, 6) is -3.05. The Kier molecular flexibility index (Phi) is 4.63. The molecule has 2 aliphatic rings. The molecule has 0 bridgehead atoms. The number of nitrogens with zero attached hydrogens (tertiary/aromatic N) is 2. The van der Waals surface area contributed by atoms with Crippen LogP contribution in [-0.2, 0) is 4.79 Å². The quantitative estimate of drug-likeness (QED) is 0.608. The lowest BCUT2D eigenvalue weighted by Crippen LogP contribution is -2.73. The number of rotatable bonds is 1. The van der Waals surface area contributed by atoms with Gasteiger partial charge in [-0.2, -0.15) is 0 Å². The van der Waals surface area contributed by atoms with Gasteiger partial charge in [-0.05, 0) is 31.5 Å². The lowest BCUT2D eigenvalue weighted by atomic mass is 10.0. The number of carboxylic acid groups (broad SMARTS) is 1. The van der Waals surface area contributed by atoms with E-state index in [1.165, 1.54) is 13.0 Å². The Labute approximate surface area is 140 Å². The molecule has 1 aromatic rings. The van der Waals surface area contributed by atoms with Gasteiger partial charge in [-0.3, -0.25) is 4.79 Å². The van der Waals surface area contributed by atoms with E-state index < -0.39 is 23.9 Å². The second kappa shape index (κ2) is 6.21. The highest BCUT2D eigenvalue weighted by atomic mass is 16.4. The number of aliphatic imine (C=N–C) groups is 1. The molecular weight excluding hydrogens is 312 g/mol. The van der Waals surface area contributed by atoms with Crippen molar-refractivity contribution in [1.82, 2.24) is 10.6 Å². The first-order valence-electron chi connectivity index (χ1n) is 7.71. The van der Waals surface area contributed by atoms with Crippen molar-refractivity contribution >= 4 is 29.0 Å². The smallest absolute Gasteiger partial charge is 0.336 e. The van der Waals surface area contributed by atoms with Gasteiger partial charge in [0.1, 0.15) is 11.9 Å². The number of aliphatic hydroxyl groups is 1. The monoisotopic (exact) mass is 334 g/mol. The number of fused-ring (bicyclic) bond motifs is 2. The second-order valence-electron chi connectivity index (χ2n) is 5.64. The third-order valence-corrected chi connectivity index (χ3v) is 3.83. The molecule has 24 heavy (non-hydrogen) atoms. The lowest BCUT2D eigenvalue weighted by Gasteiger charge is -2.43. The van der Waals surface area contributed by atoms with Gasteiger partial charge in [0.05, 0.1) is 16.9 Å². The summed E-state index contributed by atoms with van der Waals surface area (Å²) in [5.41, 5.74) is 2.07. The number of benzene rings is 1. The normalized spacial score (nSPS) is 24.8. The summed E-state index contributed by atoms with van der Waals surface area (Å²) in [7, 11) is 1.71. The minimum atomic E-state index is -1.56. The molecule has 2 atom stereocenters. The first kappa shape index (κ1) is 17.9. The van der Waals surface area contributed by atoms with E-state index in [1.807, 2.05) is 13.8 Å². The molecule has 1 amide bonds. The molecule has 0 spiro atoms. The minimum absolute atomic E-state index is 0.177. The van der Waals surface area contributed by atoms with Crippen molar-refractivity contribution in [3.8, 4) is 0 Å². The molecule has 0 saturated carbocycles. The summed E-state index contributed by atoms with van der Waals surface area (Å²) in [5, 5.41) is 24.5. The summed E-state index contributed by atoms with van der Waals surface area (Å²) in [6, 6.07) is 3.16. The number of aromatic carboxylic acids is 1. The van der Waals surface area contributed by atoms with Gasteiger partial charge in [0.25, 0.3) is 5.91 Å². The zero-order valence-corrected chi connectivity index (χ0v) is 14.3. The number of carboxylic acids is 1. The average molecular weight is 334 g/mol. The fraction of sp³-hybridized carbons (Fsp3) is 0.438. The number of hydrogen-bond acceptors (Lipinski definition) is 6. The maximum atomic E-state index is 12.1. The Hall–Kier alpha value is -2.45. The summed E-state index contributed by atoms with van der Waals surface area (Å²) >= 11 is 0. The number of carbonyl (C=O) groups excluding carboxylic acids is 1. The molecular formula is C16H22N4O4. The molecule has 1 aromatic carbocycles. The molecule has 3 rings (SSSR count). The Morgan fingerprint density at radius 1 is 1.38 bits per heavy atom. The highest BCUT2D eigenvalue weighted by molar-refractivity contribution is 6.43. The van der Waals surface area contributed by atoms with Gasteiger partial charge in [-0.1, -0.05) is 13.8 Å². The largest absolute Gasteiger partial charge is 0.478 e. The Morgan fingerprint density at radius 3 is 2.58 bits per heavy atom. The van der Waals surface area contributed by atoms with Gasteiger partial charge in [-0.25, -0.2) is 15.1 Å². The highest BCUT2D eigenvalue weighted by Gasteiger charge is 2.42. The molecule has 8 heteroatoms. The zero-order chi connectivity index (χ0) is 18.2. The highest BCUT2D eigenvalue weighted by Crippen LogP contribution is 2.36. The van der Waals surface area contributed by atoms with Crippen LogP contribution in [0, 0.1) is 6.92 Å². The first-order chi connectivity index (χ1) is 11.2. The second-order valence-corrected chi connectivity index (χ2v) is 5.64. The Morgan fingerprint density at radius 2 is 2.00 bits per heavy atom. The van der Waals surface area contributed by atoms with Crippen LogP contribution in [-0.4, -0.2) is 46.9 Å². The third-order valence-electron chi connectivity index (χ3n) is 3.83. The molecule has 1 saturated heterocycles. The molecule has 2 aliphatic heterocycles. The van der Waals surface area contributed by atoms with Gasteiger partial charge in [-0.15, -0.1) is 0 Å². The maximum Gasteiger partial charge on any atom is 0.336 e. The van der Waals surface area contributed by atoms with Crippen LogP contribution in [0.15, 0.2) is 17.1 Å². The van der Waals surface area contributed by atoms with E-state index in [0.29, 0.717) is 16.9 Å². The molecule has 130 valence electrons. The van der Waals surface area contributed by atoms with Gasteiger partial charge in [0.15, 0.2) is 5.85 Å². The van der Waals surface area contributed by atoms with Crippen LogP contribution in [0.5, 0.6) is 0 Å². The molecule has 8 nitrogen and oxygen atoms in total. The Bertz CT molecular complexity index is 727. The number of amides is 1. The van der Waals surface area contributed by atoms with Crippen LogP contribution >= 0.6 is 0 Å². The van der Waals surface area contributed by atoms with E-state index in [4.69, 9.17) is 0 Å². The van der Waals surface area contributed by atoms with E-state index >= 15 is 0 Å². The zero-order valence-electron chi connectivity index (χ0n) is 14.3. The van der Waals surface area contributed by atoms with Gasteiger partial charge in [0.2, 0.25) is 0 Å². The molecule has 2 unspecified atom stereocenters. The molecule has 2 heterocycles. The van der Waals surface area contributed by atoms with E-state index in [-0.39, 0.29) is 11.3 Å². The summed E-state index contributed by atoms with van der Waals surface area (Å²) in [6.45, 7) is 7.10. The fourth-order valence-electron chi connectivity index (χ4n) is 2.72. The Balaban J connectivity index is 0.00000100.